The maximum atomic E-state index is 13.7. The summed E-state index contributed by atoms with van der Waals surface area (Å²) in [6.45, 7) is 4.79. The smallest absolute Gasteiger partial charge is 0.129 e. The predicted molar refractivity (Wildman–Crippen MR) is 93.4 cm³/mol. The van der Waals surface area contributed by atoms with Crippen LogP contribution in [-0.4, -0.2) is 30.8 Å². The number of aliphatic hydroxyl groups excluding tert-OH is 1. The van der Waals surface area contributed by atoms with Gasteiger partial charge in [0.1, 0.15) is 18.2 Å². The third-order valence-electron chi connectivity index (χ3n) is 3.55. The van der Waals surface area contributed by atoms with Crippen molar-refractivity contribution in [3.05, 3.63) is 65.5 Å². The van der Waals surface area contributed by atoms with Crippen molar-refractivity contribution in [2.75, 3.05) is 19.6 Å². The number of rotatable bonds is 10. The van der Waals surface area contributed by atoms with Crippen LogP contribution >= 0.6 is 0 Å². The van der Waals surface area contributed by atoms with Crippen molar-refractivity contribution in [1.82, 2.24) is 10.6 Å². The summed E-state index contributed by atoms with van der Waals surface area (Å²) in [6, 6.07) is 14.4. The summed E-state index contributed by atoms with van der Waals surface area (Å²) in [5.41, 5.74) is 1.58. The molecular weight excluding hydrogens is 307 g/mol. The lowest BCUT2D eigenvalue weighted by Gasteiger charge is -2.13. The second-order valence-corrected chi connectivity index (χ2v) is 5.72. The molecule has 0 unspecified atom stereocenters. The quantitative estimate of drug-likeness (QED) is 0.585. The highest BCUT2D eigenvalue weighted by Crippen LogP contribution is 2.19. The minimum absolute atomic E-state index is 0.208. The van der Waals surface area contributed by atoms with E-state index in [0.29, 0.717) is 18.7 Å². The lowest BCUT2D eigenvalue weighted by Crippen LogP contribution is -2.31. The van der Waals surface area contributed by atoms with Crippen molar-refractivity contribution in [2.45, 2.75) is 26.2 Å². The second-order valence-electron chi connectivity index (χ2n) is 5.72. The van der Waals surface area contributed by atoms with Gasteiger partial charge in [0, 0.05) is 37.3 Å². The zero-order chi connectivity index (χ0) is 17.2. The Kier molecular flexibility index (Phi) is 7.68. The monoisotopic (exact) mass is 332 g/mol. The maximum Gasteiger partial charge on any atom is 0.129 e. The van der Waals surface area contributed by atoms with Crippen LogP contribution in [0.25, 0.3) is 0 Å². The molecule has 2 rings (SSSR count). The standard InChI is InChI=1S/C19H25FN2O2/c1-15(23)12-21-10-11-22-13-16-6-3-5-9-19(16)24-14-17-7-2-4-8-18(17)20/h2-9,15,21-23H,10-14H2,1H3/t15-/m0/s1. The summed E-state index contributed by atoms with van der Waals surface area (Å²) in [5, 5.41) is 15.7. The normalized spacial score (nSPS) is 12.1. The summed E-state index contributed by atoms with van der Waals surface area (Å²) in [6.07, 6.45) is -0.336. The average molecular weight is 332 g/mol. The van der Waals surface area contributed by atoms with Gasteiger partial charge in [-0.3, -0.25) is 0 Å². The Morgan fingerprint density at radius 3 is 2.42 bits per heavy atom. The third-order valence-corrected chi connectivity index (χ3v) is 3.55. The fourth-order valence-electron chi connectivity index (χ4n) is 2.27. The molecule has 0 aliphatic carbocycles. The van der Waals surface area contributed by atoms with E-state index in [9.17, 15) is 4.39 Å². The number of hydrogen-bond donors (Lipinski definition) is 3. The molecule has 0 saturated carbocycles. The molecule has 0 aliphatic heterocycles. The van der Waals surface area contributed by atoms with Crippen LogP contribution in [0.3, 0.4) is 0 Å². The highest BCUT2D eigenvalue weighted by molar-refractivity contribution is 5.33. The number of nitrogens with one attached hydrogen (secondary N) is 2. The van der Waals surface area contributed by atoms with Crippen LogP contribution in [0.5, 0.6) is 5.75 Å². The van der Waals surface area contributed by atoms with Crippen molar-refractivity contribution >= 4 is 0 Å². The van der Waals surface area contributed by atoms with Crippen LogP contribution in [-0.2, 0) is 13.2 Å². The van der Waals surface area contributed by atoms with E-state index >= 15 is 0 Å². The van der Waals surface area contributed by atoms with E-state index < -0.39 is 0 Å². The molecule has 0 spiro atoms. The average Bonchev–Trinajstić information content (AvgIpc) is 2.58. The first-order valence-corrected chi connectivity index (χ1v) is 8.20. The Balaban J connectivity index is 1.80. The number of hydrogen-bond acceptors (Lipinski definition) is 4. The predicted octanol–water partition coefficient (Wildman–Crippen LogP) is 2.46. The first kappa shape index (κ1) is 18.4. The van der Waals surface area contributed by atoms with Crippen LogP contribution in [0.15, 0.2) is 48.5 Å². The number of benzene rings is 2. The number of aliphatic hydroxyl groups is 1. The first-order valence-electron chi connectivity index (χ1n) is 8.20. The molecule has 130 valence electrons. The van der Waals surface area contributed by atoms with E-state index in [0.717, 1.165) is 24.4 Å². The SMILES string of the molecule is C[C@H](O)CNCCNCc1ccccc1OCc1ccccc1F. The number of para-hydroxylation sites is 1. The lowest BCUT2D eigenvalue weighted by atomic mass is 10.2. The van der Waals surface area contributed by atoms with E-state index in [-0.39, 0.29) is 18.5 Å². The Morgan fingerprint density at radius 1 is 1.00 bits per heavy atom. The van der Waals surface area contributed by atoms with E-state index in [4.69, 9.17) is 9.84 Å². The summed E-state index contributed by atoms with van der Waals surface area (Å²) in [4.78, 5) is 0. The third kappa shape index (κ3) is 6.28. The largest absolute Gasteiger partial charge is 0.488 e. The van der Waals surface area contributed by atoms with Crippen molar-refractivity contribution in [2.24, 2.45) is 0 Å². The molecule has 0 radical (unpaired) electrons. The fourth-order valence-corrected chi connectivity index (χ4v) is 2.27. The molecule has 24 heavy (non-hydrogen) atoms. The zero-order valence-corrected chi connectivity index (χ0v) is 14.0. The molecule has 4 nitrogen and oxygen atoms in total. The summed E-state index contributed by atoms with van der Waals surface area (Å²) in [5.74, 6) is 0.502. The Hall–Kier alpha value is -1.95. The molecule has 0 aliphatic rings. The Bertz CT molecular complexity index is 620. The van der Waals surface area contributed by atoms with Crippen molar-refractivity contribution in [3.63, 3.8) is 0 Å². The minimum atomic E-state index is -0.336. The van der Waals surface area contributed by atoms with E-state index in [1.165, 1.54) is 6.07 Å². The molecule has 1 atom stereocenters. The summed E-state index contributed by atoms with van der Waals surface area (Å²) < 4.78 is 19.4. The maximum absolute atomic E-state index is 13.7. The van der Waals surface area contributed by atoms with Crippen molar-refractivity contribution in [3.8, 4) is 5.75 Å². The molecule has 2 aromatic carbocycles. The van der Waals surface area contributed by atoms with Gasteiger partial charge < -0.3 is 20.5 Å². The Morgan fingerprint density at radius 2 is 1.67 bits per heavy atom. The summed E-state index contributed by atoms with van der Waals surface area (Å²) >= 11 is 0. The van der Waals surface area contributed by atoms with Gasteiger partial charge in [-0.25, -0.2) is 4.39 Å². The highest BCUT2D eigenvalue weighted by Gasteiger charge is 2.05. The van der Waals surface area contributed by atoms with E-state index in [1.54, 1.807) is 25.1 Å². The Labute approximate surface area is 142 Å². The highest BCUT2D eigenvalue weighted by atomic mass is 19.1. The van der Waals surface area contributed by atoms with Crippen molar-refractivity contribution in [1.29, 1.82) is 0 Å². The van der Waals surface area contributed by atoms with Gasteiger partial charge in [-0.2, -0.15) is 0 Å². The van der Waals surface area contributed by atoms with Crippen LogP contribution in [0.4, 0.5) is 4.39 Å². The van der Waals surface area contributed by atoms with Gasteiger partial charge in [0.05, 0.1) is 6.10 Å². The van der Waals surface area contributed by atoms with Gasteiger partial charge in [0.25, 0.3) is 0 Å². The minimum Gasteiger partial charge on any atom is -0.488 e. The number of ether oxygens (including phenoxy) is 1. The second kappa shape index (κ2) is 10.0. The number of halogens is 1. The first-order chi connectivity index (χ1) is 11.7. The molecule has 0 saturated heterocycles. The van der Waals surface area contributed by atoms with E-state index in [1.807, 2.05) is 24.3 Å². The molecule has 0 fully saturated rings. The fraction of sp³-hybridized carbons (Fsp3) is 0.368. The zero-order valence-electron chi connectivity index (χ0n) is 14.0. The van der Waals surface area contributed by atoms with Crippen LogP contribution in [0.2, 0.25) is 0 Å². The van der Waals surface area contributed by atoms with Gasteiger partial charge in [-0.15, -0.1) is 0 Å². The van der Waals surface area contributed by atoms with Gasteiger partial charge in [0.2, 0.25) is 0 Å². The molecule has 0 aromatic heterocycles. The molecule has 0 heterocycles. The molecule has 0 bridgehead atoms. The van der Waals surface area contributed by atoms with E-state index in [2.05, 4.69) is 10.6 Å². The molecule has 5 heteroatoms. The van der Waals surface area contributed by atoms with Gasteiger partial charge in [-0.05, 0) is 19.1 Å². The topological polar surface area (TPSA) is 53.5 Å². The molecule has 3 N–H and O–H groups in total. The van der Waals surface area contributed by atoms with Gasteiger partial charge in [-0.1, -0.05) is 36.4 Å². The van der Waals surface area contributed by atoms with Crippen molar-refractivity contribution < 1.29 is 14.2 Å². The van der Waals surface area contributed by atoms with Gasteiger partial charge in [0.15, 0.2) is 0 Å². The van der Waals surface area contributed by atoms with Crippen LogP contribution in [0.1, 0.15) is 18.1 Å². The molecule has 0 amide bonds. The molecule has 2 aromatic rings. The lowest BCUT2D eigenvalue weighted by molar-refractivity contribution is 0.191. The van der Waals surface area contributed by atoms with Crippen LogP contribution in [0, 0.1) is 5.82 Å². The van der Waals surface area contributed by atoms with Gasteiger partial charge >= 0.3 is 0 Å². The summed E-state index contributed by atoms with van der Waals surface area (Å²) in [7, 11) is 0. The van der Waals surface area contributed by atoms with Crippen LogP contribution < -0.4 is 15.4 Å². The molecular formula is C19H25FN2O2.